The maximum absolute atomic E-state index is 6.65. The highest BCUT2D eigenvalue weighted by molar-refractivity contribution is 6.34. The minimum atomic E-state index is 0.551. The molecular formula is C27H26ClN3O. The molecule has 1 unspecified atom stereocenters. The molecular weight excluding hydrogens is 418 g/mol. The Bertz CT molecular complexity index is 1250. The number of rotatable bonds is 6. The van der Waals surface area contributed by atoms with Crippen LogP contribution in [0.2, 0.25) is 5.02 Å². The number of halogens is 1. The van der Waals surface area contributed by atoms with Crippen LogP contribution in [0.4, 0.5) is 0 Å². The fourth-order valence-electron chi connectivity index (χ4n) is 4.33. The first-order valence-electron chi connectivity index (χ1n) is 11.1. The van der Waals surface area contributed by atoms with Crippen molar-refractivity contribution in [2.45, 2.75) is 32.7 Å². The molecule has 1 saturated heterocycles. The Morgan fingerprint density at radius 1 is 1.00 bits per heavy atom. The third-order valence-corrected chi connectivity index (χ3v) is 6.38. The summed E-state index contributed by atoms with van der Waals surface area (Å²) in [5.41, 5.74) is 7.37. The van der Waals surface area contributed by atoms with Gasteiger partial charge in [0.2, 0.25) is 0 Å². The number of fused-ring (bicyclic) bond motifs is 1. The van der Waals surface area contributed by atoms with E-state index >= 15 is 0 Å². The molecule has 32 heavy (non-hydrogen) atoms. The summed E-state index contributed by atoms with van der Waals surface area (Å²) in [6.07, 6.45) is 7.68. The van der Waals surface area contributed by atoms with Crippen molar-refractivity contribution >= 4 is 22.5 Å². The average Bonchev–Trinajstić information content (AvgIpc) is 2.74. The molecule has 2 aromatic carbocycles. The summed E-state index contributed by atoms with van der Waals surface area (Å²) in [5, 5.41) is 5.09. The summed E-state index contributed by atoms with van der Waals surface area (Å²) in [7, 11) is 0. The number of nitrogens with zero attached hydrogens (tertiary/aromatic N) is 2. The zero-order valence-electron chi connectivity index (χ0n) is 18.4. The molecule has 2 aromatic heterocycles. The van der Waals surface area contributed by atoms with Gasteiger partial charge in [-0.1, -0.05) is 40.9 Å². The normalized spacial score (nSPS) is 15.5. The van der Waals surface area contributed by atoms with E-state index in [2.05, 4.69) is 48.4 Å². The number of aromatic nitrogens is 2. The monoisotopic (exact) mass is 443 g/mol. The van der Waals surface area contributed by atoms with Crippen molar-refractivity contribution in [2.75, 3.05) is 13.2 Å². The lowest BCUT2D eigenvalue weighted by molar-refractivity contribution is 0.255. The largest absolute Gasteiger partial charge is 0.492 e. The van der Waals surface area contributed by atoms with Crippen LogP contribution in [-0.4, -0.2) is 29.2 Å². The average molecular weight is 444 g/mol. The second kappa shape index (κ2) is 8.89. The minimum Gasteiger partial charge on any atom is -0.492 e. The number of ether oxygens (including phenoxy) is 1. The topological polar surface area (TPSA) is 47.0 Å². The Labute approximate surface area is 193 Å². The van der Waals surface area contributed by atoms with Crippen molar-refractivity contribution in [1.82, 2.24) is 15.3 Å². The predicted octanol–water partition coefficient (Wildman–Crippen LogP) is 6.36. The Balaban J connectivity index is 1.66. The zero-order chi connectivity index (χ0) is 22.1. The molecule has 0 radical (unpaired) electrons. The summed E-state index contributed by atoms with van der Waals surface area (Å²) in [6, 6.07) is 15.1. The van der Waals surface area contributed by atoms with Crippen molar-refractivity contribution in [3.63, 3.8) is 0 Å². The van der Waals surface area contributed by atoms with Crippen molar-refractivity contribution in [3.05, 3.63) is 77.2 Å². The van der Waals surface area contributed by atoms with E-state index in [4.69, 9.17) is 21.3 Å². The Kier molecular flexibility index (Phi) is 5.81. The molecule has 0 amide bonds. The highest BCUT2D eigenvalue weighted by Crippen LogP contribution is 2.40. The maximum atomic E-state index is 6.65. The maximum Gasteiger partial charge on any atom is 0.138 e. The van der Waals surface area contributed by atoms with E-state index in [1.54, 1.807) is 12.4 Å². The first kappa shape index (κ1) is 20.9. The Morgan fingerprint density at radius 3 is 2.44 bits per heavy atom. The number of pyridine rings is 2. The summed E-state index contributed by atoms with van der Waals surface area (Å²) in [4.78, 5) is 8.89. The van der Waals surface area contributed by atoms with E-state index < -0.39 is 0 Å². The number of aryl methyl sites for hydroxylation is 2. The number of hydrogen-bond acceptors (Lipinski definition) is 4. The number of benzene rings is 2. The zero-order valence-corrected chi connectivity index (χ0v) is 19.1. The molecule has 0 spiro atoms. The molecule has 5 heteroatoms. The molecule has 1 aliphatic heterocycles. The van der Waals surface area contributed by atoms with Crippen LogP contribution >= 0.6 is 11.6 Å². The molecule has 4 nitrogen and oxygen atoms in total. The van der Waals surface area contributed by atoms with E-state index in [1.807, 2.05) is 24.4 Å². The lowest BCUT2D eigenvalue weighted by Gasteiger charge is -2.27. The Morgan fingerprint density at radius 2 is 1.75 bits per heavy atom. The van der Waals surface area contributed by atoms with Gasteiger partial charge in [0, 0.05) is 41.1 Å². The summed E-state index contributed by atoms with van der Waals surface area (Å²) >= 11 is 6.65. The van der Waals surface area contributed by atoms with Crippen LogP contribution in [0.15, 0.2) is 61.1 Å². The van der Waals surface area contributed by atoms with Gasteiger partial charge in [0.1, 0.15) is 5.75 Å². The van der Waals surface area contributed by atoms with Gasteiger partial charge in [0.15, 0.2) is 0 Å². The van der Waals surface area contributed by atoms with Gasteiger partial charge in [-0.05, 0) is 68.6 Å². The second-order valence-electron chi connectivity index (χ2n) is 8.54. The summed E-state index contributed by atoms with van der Waals surface area (Å²) in [6.45, 7) is 6.00. The molecule has 1 atom stereocenters. The highest BCUT2D eigenvalue weighted by Gasteiger charge is 2.19. The minimum absolute atomic E-state index is 0.551. The van der Waals surface area contributed by atoms with Crippen molar-refractivity contribution < 1.29 is 4.74 Å². The van der Waals surface area contributed by atoms with Crippen LogP contribution in [0, 0.1) is 13.8 Å². The van der Waals surface area contributed by atoms with Gasteiger partial charge in [-0.15, -0.1) is 0 Å². The van der Waals surface area contributed by atoms with Gasteiger partial charge < -0.3 is 10.1 Å². The first-order chi connectivity index (χ1) is 15.6. The molecule has 162 valence electrons. The molecule has 1 aliphatic rings. The molecule has 1 fully saturated rings. The van der Waals surface area contributed by atoms with E-state index in [1.165, 1.54) is 17.5 Å². The molecule has 4 aromatic rings. The first-order valence-corrected chi connectivity index (χ1v) is 11.4. The van der Waals surface area contributed by atoms with Crippen molar-refractivity contribution in [1.29, 1.82) is 0 Å². The second-order valence-corrected chi connectivity index (χ2v) is 8.95. The SMILES string of the molecule is Cc1cc(C)cc(-c2cnc3cc(Cl)c(-c4ccncc4)cc3c2OCCC2CCN2)c1. The Hall–Kier alpha value is -2.95. The molecule has 0 saturated carbocycles. The standard InChI is InChI=1S/C27H26ClN3O/c1-17-11-18(2)13-20(12-17)24-16-31-26-15-25(28)22(19-3-7-29-8-4-19)14-23(26)27(24)32-10-6-21-5-9-30-21/h3-4,7-8,11-16,21,30H,5-6,9-10H2,1-2H3. The molecule has 5 rings (SSSR count). The van der Waals surface area contributed by atoms with Gasteiger partial charge in [-0.3, -0.25) is 9.97 Å². The summed E-state index contributed by atoms with van der Waals surface area (Å²) < 4.78 is 6.49. The molecule has 1 N–H and O–H groups in total. The lowest BCUT2D eigenvalue weighted by atomic mass is 9.98. The van der Waals surface area contributed by atoms with Gasteiger partial charge in [0.05, 0.1) is 17.1 Å². The quantitative estimate of drug-likeness (QED) is 0.376. The highest BCUT2D eigenvalue weighted by atomic mass is 35.5. The third-order valence-electron chi connectivity index (χ3n) is 6.07. The van der Waals surface area contributed by atoms with Crippen LogP contribution < -0.4 is 10.1 Å². The van der Waals surface area contributed by atoms with Crippen molar-refractivity contribution in [2.24, 2.45) is 0 Å². The van der Waals surface area contributed by atoms with Crippen molar-refractivity contribution in [3.8, 4) is 28.0 Å². The molecule has 0 bridgehead atoms. The fourth-order valence-corrected chi connectivity index (χ4v) is 4.60. The summed E-state index contributed by atoms with van der Waals surface area (Å²) in [5.74, 6) is 0.867. The number of nitrogens with one attached hydrogen (secondary N) is 1. The molecule has 0 aliphatic carbocycles. The van der Waals surface area contributed by atoms with Crippen LogP contribution in [0.5, 0.6) is 5.75 Å². The van der Waals surface area contributed by atoms with Gasteiger partial charge >= 0.3 is 0 Å². The van der Waals surface area contributed by atoms with Crippen LogP contribution in [0.1, 0.15) is 24.0 Å². The van der Waals surface area contributed by atoms with Gasteiger partial charge in [-0.25, -0.2) is 0 Å². The third kappa shape index (κ3) is 4.21. The number of hydrogen-bond donors (Lipinski definition) is 1. The smallest absolute Gasteiger partial charge is 0.138 e. The predicted molar refractivity (Wildman–Crippen MR) is 131 cm³/mol. The fraction of sp³-hybridized carbons (Fsp3) is 0.259. The van der Waals surface area contributed by atoms with E-state index in [9.17, 15) is 0 Å². The van der Waals surface area contributed by atoms with Crippen LogP contribution in [-0.2, 0) is 0 Å². The van der Waals surface area contributed by atoms with Gasteiger partial charge in [0.25, 0.3) is 0 Å². The van der Waals surface area contributed by atoms with Crippen LogP contribution in [0.3, 0.4) is 0 Å². The van der Waals surface area contributed by atoms with Gasteiger partial charge in [-0.2, -0.15) is 0 Å². The van der Waals surface area contributed by atoms with Crippen LogP contribution in [0.25, 0.3) is 33.2 Å². The van der Waals surface area contributed by atoms with E-state index in [0.717, 1.165) is 51.9 Å². The lowest BCUT2D eigenvalue weighted by Crippen LogP contribution is -2.43. The molecule has 3 heterocycles. The van der Waals surface area contributed by atoms with E-state index in [-0.39, 0.29) is 0 Å². The van der Waals surface area contributed by atoms with E-state index in [0.29, 0.717) is 17.7 Å².